The molecule has 0 spiro atoms. The third-order valence-electron chi connectivity index (χ3n) is 7.74. The summed E-state index contributed by atoms with van der Waals surface area (Å²) in [6.45, 7) is 0. The van der Waals surface area contributed by atoms with E-state index in [0.29, 0.717) is 57.0 Å². The molecule has 4 aromatic carbocycles. The second kappa shape index (κ2) is 12.1. The molecule has 1 aliphatic rings. The van der Waals surface area contributed by atoms with Crippen LogP contribution >= 0.6 is 0 Å². The molecule has 224 valence electrons. The average Bonchev–Trinajstić information content (AvgIpc) is 3.08. The standard InChI is InChI=1S/C36H33NO7/c1-38-25-20-27(40-3)34(42-5)36-30(25)31-29(32(44-36)22-15-11-8-12-16-22)23(18-17-21-13-9-7-10-14-21)28-24(37-31)19-26(39-2)33(41-4)35(28)43-6/h7-20,32H,1-6H3/b18-17+/t32-/m1/s1. The van der Waals surface area contributed by atoms with Crippen molar-refractivity contribution in [1.82, 2.24) is 4.98 Å². The SMILES string of the molecule is COc1cc(OC)c2c(c1OC)O[C@H](c1ccccc1)c1c-2nc2cc(OC)c(OC)c(OC)c2c1/C=C/c1ccccc1. The summed E-state index contributed by atoms with van der Waals surface area (Å²) in [4.78, 5) is 5.27. The van der Waals surface area contributed by atoms with Gasteiger partial charge < -0.3 is 33.2 Å². The van der Waals surface area contributed by atoms with Crippen molar-refractivity contribution >= 4 is 23.1 Å². The molecule has 0 amide bonds. The van der Waals surface area contributed by atoms with E-state index in [4.69, 9.17) is 38.1 Å². The molecule has 0 radical (unpaired) electrons. The minimum atomic E-state index is -0.575. The molecular weight excluding hydrogens is 558 g/mol. The predicted molar refractivity (Wildman–Crippen MR) is 171 cm³/mol. The van der Waals surface area contributed by atoms with E-state index in [9.17, 15) is 0 Å². The van der Waals surface area contributed by atoms with Crippen molar-refractivity contribution in [3.63, 3.8) is 0 Å². The Balaban J connectivity index is 1.82. The quantitative estimate of drug-likeness (QED) is 0.173. The van der Waals surface area contributed by atoms with Gasteiger partial charge in [-0.2, -0.15) is 0 Å². The van der Waals surface area contributed by atoms with Gasteiger partial charge in [0.05, 0.1) is 64.8 Å². The van der Waals surface area contributed by atoms with E-state index in [1.54, 1.807) is 48.7 Å². The third-order valence-corrected chi connectivity index (χ3v) is 7.74. The summed E-state index contributed by atoms with van der Waals surface area (Å²) in [7, 11) is 9.57. The first-order valence-corrected chi connectivity index (χ1v) is 14.0. The molecule has 0 bridgehead atoms. The molecule has 0 aliphatic carbocycles. The highest BCUT2D eigenvalue weighted by atomic mass is 16.5. The van der Waals surface area contributed by atoms with Gasteiger partial charge in [-0.25, -0.2) is 4.98 Å². The van der Waals surface area contributed by atoms with Crippen LogP contribution in [0.5, 0.6) is 40.2 Å². The first kappa shape index (κ1) is 28.7. The van der Waals surface area contributed by atoms with Crippen LogP contribution in [0.4, 0.5) is 0 Å². The summed E-state index contributed by atoms with van der Waals surface area (Å²) in [6, 6.07) is 23.8. The second-order valence-electron chi connectivity index (χ2n) is 10.00. The Morgan fingerprint density at radius 1 is 0.636 bits per heavy atom. The number of hydrogen-bond donors (Lipinski definition) is 0. The molecule has 1 aliphatic heterocycles. The molecule has 8 heteroatoms. The van der Waals surface area contributed by atoms with Crippen LogP contribution in [0.3, 0.4) is 0 Å². The molecule has 0 unspecified atom stereocenters. The molecule has 6 rings (SSSR count). The van der Waals surface area contributed by atoms with Crippen LogP contribution in [0.15, 0.2) is 72.8 Å². The number of benzene rings is 4. The van der Waals surface area contributed by atoms with Crippen LogP contribution in [0, 0.1) is 0 Å². The molecule has 0 saturated heterocycles. The monoisotopic (exact) mass is 591 g/mol. The maximum atomic E-state index is 6.91. The van der Waals surface area contributed by atoms with Gasteiger partial charge >= 0.3 is 0 Å². The summed E-state index contributed by atoms with van der Waals surface area (Å²) in [5.41, 5.74) is 5.61. The van der Waals surface area contributed by atoms with Crippen LogP contribution < -0.4 is 33.2 Å². The van der Waals surface area contributed by atoms with Gasteiger partial charge in [-0.3, -0.25) is 0 Å². The zero-order chi connectivity index (χ0) is 30.8. The Kier molecular flexibility index (Phi) is 7.89. The van der Waals surface area contributed by atoms with Gasteiger partial charge in [-0.05, 0) is 16.7 Å². The highest BCUT2D eigenvalue weighted by molar-refractivity contribution is 6.03. The fourth-order valence-electron chi connectivity index (χ4n) is 5.78. The molecular formula is C36H33NO7. The number of hydrogen-bond acceptors (Lipinski definition) is 8. The van der Waals surface area contributed by atoms with Gasteiger partial charge in [0.1, 0.15) is 5.75 Å². The number of pyridine rings is 1. The first-order chi connectivity index (χ1) is 21.6. The van der Waals surface area contributed by atoms with Gasteiger partial charge in [0, 0.05) is 17.7 Å². The fraction of sp³-hybridized carbons (Fsp3) is 0.194. The fourth-order valence-corrected chi connectivity index (χ4v) is 5.78. The summed E-state index contributed by atoms with van der Waals surface area (Å²) in [6.07, 6.45) is 3.56. The number of methoxy groups -OCH3 is 6. The molecule has 1 aromatic heterocycles. The van der Waals surface area contributed by atoms with E-state index in [0.717, 1.165) is 27.6 Å². The Hall–Kier alpha value is -5.37. The summed E-state index contributed by atoms with van der Waals surface area (Å²) >= 11 is 0. The van der Waals surface area contributed by atoms with E-state index < -0.39 is 6.10 Å². The molecule has 0 saturated carbocycles. The minimum absolute atomic E-state index is 0.447. The lowest BCUT2D eigenvalue weighted by Gasteiger charge is -2.33. The molecule has 5 aromatic rings. The molecule has 2 heterocycles. The van der Waals surface area contributed by atoms with Crippen molar-refractivity contribution in [2.75, 3.05) is 42.7 Å². The van der Waals surface area contributed by atoms with Gasteiger partial charge in [0.2, 0.25) is 11.5 Å². The zero-order valence-electron chi connectivity index (χ0n) is 25.5. The highest BCUT2D eigenvalue weighted by Crippen LogP contribution is 2.58. The van der Waals surface area contributed by atoms with Gasteiger partial charge in [0.25, 0.3) is 0 Å². The van der Waals surface area contributed by atoms with Gasteiger partial charge in [0.15, 0.2) is 29.1 Å². The Morgan fingerprint density at radius 2 is 1.25 bits per heavy atom. The molecule has 1 atom stereocenters. The number of nitrogens with zero attached hydrogens (tertiary/aromatic N) is 1. The Labute approximate surface area is 256 Å². The highest BCUT2D eigenvalue weighted by Gasteiger charge is 2.38. The lowest BCUT2D eigenvalue weighted by molar-refractivity contribution is 0.224. The average molecular weight is 592 g/mol. The van der Waals surface area contributed by atoms with Crippen molar-refractivity contribution in [2.24, 2.45) is 0 Å². The summed E-state index contributed by atoms with van der Waals surface area (Å²) in [5, 5.41) is 0.753. The summed E-state index contributed by atoms with van der Waals surface area (Å²) in [5.74, 6) is 3.40. The molecule has 0 N–H and O–H groups in total. The molecule has 44 heavy (non-hydrogen) atoms. The maximum Gasteiger partial charge on any atom is 0.204 e. The van der Waals surface area contributed by atoms with Crippen molar-refractivity contribution < 1.29 is 33.2 Å². The van der Waals surface area contributed by atoms with E-state index in [-0.39, 0.29) is 0 Å². The lowest BCUT2D eigenvalue weighted by Crippen LogP contribution is -2.19. The minimum Gasteiger partial charge on any atom is -0.496 e. The van der Waals surface area contributed by atoms with Crippen LogP contribution in [0.2, 0.25) is 0 Å². The second-order valence-corrected chi connectivity index (χ2v) is 10.00. The van der Waals surface area contributed by atoms with E-state index in [2.05, 4.69) is 12.2 Å². The number of fused-ring (bicyclic) bond motifs is 4. The van der Waals surface area contributed by atoms with Crippen LogP contribution in [0.1, 0.15) is 28.4 Å². The Morgan fingerprint density at radius 3 is 1.86 bits per heavy atom. The Bertz CT molecular complexity index is 1850. The van der Waals surface area contributed by atoms with Crippen LogP contribution in [0.25, 0.3) is 34.3 Å². The number of ether oxygens (including phenoxy) is 7. The van der Waals surface area contributed by atoms with E-state index >= 15 is 0 Å². The third kappa shape index (κ3) is 4.68. The topological polar surface area (TPSA) is 77.5 Å². The predicted octanol–water partition coefficient (Wildman–Crippen LogP) is 7.61. The largest absolute Gasteiger partial charge is 0.496 e. The lowest BCUT2D eigenvalue weighted by atomic mass is 9.86. The summed E-state index contributed by atoms with van der Waals surface area (Å²) < 4.78 is 41.9. The normalized spacial score (nSPS) is 13.5. The zero-order valence-corrected chi connectivity index (χ0v) is 25.5. The maximum absolute atomic E-state index is 6.91. The van der Waals surface area contributed by atoms with Crippen LogP contribution in [-0.4, -0.2) is 47.6 Å². The van der Waals surface area contributed by atoms with Crippen LogP contribution in [-0.2, 0) is 0 Å². The smallest absolute Gasteiger partial charge is 0.204 e. The van der Waals surface area contributed by atoms with E-state index in [1.807, 2.05) is 66.7 Å². The molecule has 0 fully saturated rings. The van der Waals surface area contributed by atoms with Gasteiger partial charge in [-0.15, -0.1) is 0 Å². The number of aromatic nitrogens is 1. The van der Waals surface area contributed by atoms with Crippen molar-refractivity contribution in [3.05, 3.63) is 95.1 Å². The van der Waals surface area contributed by atoms with Gasteiger partial charge in [-0.1, -0.05) is 72.8 Å². The van der Waals surface area contributed by atoms with E-state index in [1.165, 1.54) is 0 Å². The van der Waals surface area contributed by atoms with Crippen molar-refractivity contribution in [3.8, 4) is 51.5 Å². The first-order valence-electron chi connectivity index (χ1n) is 14.0. The van der Waals surface area contributed by atoms with Crippen molar-refractivity contribution in [2.45, 2.75) is 6.10 Å². The molecule has 8 nitrogen and oxygen atoms in total. The number of rotatable bonds is 9. The van der Waals surface area contributed by atoms with Crippen molar-refractivity contribution in [1.29, 1.82) is 0 Å².